The Balaban J connectivity index is 2.04. The van der Waals surface area contributed by atoms with E-state index in [1.54, 1.807) is 13.0 Å². The molecule has 1 N–H and O–H groups in total. The molecule has 0 aliphatic heterocycles. The van der Waals surface area contributed by atoms with Crippen LogP contribution in [0, 0.1) is 5.82 Å². The summed E-state index contributed by atoms with van der Waals surface area (Å²) in [4.78, 5) is 28.2. The van der Waals surface area contributed by atoms with E-state index in [4.69, 9.17) is 9.47 Å². The zero-order chi connectivity index (χ0) is 30.9. The van der Waals surface area contributed by atoms with Gasteiger partial charge in [-0.1, -0.05) is 41.4 Å². The van der Waals surface area contributed by atoms with Crippen LogP contribution in [0.2, 0.25) is 0 Å². The molecule has 0 spiro atoms. The van der Waals surface area contributed by atoms with E-state index in [1.807, 2.05) is 25.1 Å². The number of carbonyl (C=O) groups is 2. The van der Waals surface area contributed by atoms with Gasteiger partial charge < -0.3 is 19.7 Å². The van der Waals surface area contributed by atoms with Gasteiger partial charge in [0.15, 0.2) is 11.5 Å². The number of amides is 2. The maximum absolute atomic E-state index is 14.0. The monoisotopic (exact) mass is 663 g/mol. The van der Waals surface area contributed by atoms with E-state index in [-0.39, 0.29) is 28.8 Å². The third kappa shape index (κ3) is 8.22. The first-order valence-corrected chi connectivity index (χ1v) is 15.6. The van der Waals surface area contributed by atoms with Gasteiger partial charge >= 0.3 is 0 Å². The van der Waals surface area contributed by atoms with E-state index in [0.717, 1.165) is 39.3 Å². The molecular weight excluding hydrogens is 629 g/mol. The third-order valence-electron chi connectivity index (χ3n) is 6.58. The molecule has 0 fully saturated rings. The molecule has 1 atom stereocenters. The second kappa shape index (κ2) is 15.0. The van der Waals surface area contributed by atoms with Crippen molar-refractivity contribution in [2.75, 3.05) is 31.6 Å². The van der Waals surface area contributed by atoms with Crippen LogP contribution >= 0.6 is 15.9 Å². The average Bonchev–Trinajstić information content (AvgIpc) is 2.98. The van der Waals surface area contributed by atoms with Crippen LogP contribution in [0.4, 0.5) is 10.1 Å². The quantitative estimate of drug-likeness (QED) is 0.240. The number of sulfonamides is 1. The first kappa shape index (κ1) is 32.9. The van der Waals surface area contributed by atoms with Crippen molar-refractivity contribution < 1.29 is 31.9 Å². The third-order valence-corrected chi connectivity index (χ3v) is 8.84. The number of benzene rings is 3. The Kier molecular flexibility index (Phi) is 11.7. The summed E-state index contributed by atoms with van der Waals surface area (Å²) in [6, 6.07) is 15.2. The van der Waals surface area contributed by atoms with Crippen LogP contribution in [0.1, 0.15) is 32.3 Å². The molecule has 0 unspecified atom stereocenters. The summed E-state index contributed by atoms with van der Waals surface area (Å²) in [5.41, 5.74) is 0.809. The van der Waals surface area contributed by atoms with Gasteiger partial charge in [-0.15, -0.1) is 0 Å². The summed E-state index contributed by atoms with van der Waals surface area (Å²) in [5.74, 6) is -1.05. The minimum atomic E-state index is -4.38. The van der Waals surface area contributed by atoms with E-state index >= 15 is 0 Å². The number of rotatable bonds is 14. The summed E-state index contributed by atoms with van der Waals surface area (Å²) < 4.78 is 54.0. The normalized spacial score (nSPS) is 11.9. The number of unbranched alkanes of at least 4 members (excludes halogenated alkanes) is 1. The van der Waals surface area contributed by atoms with Crippen molar-refractivity contribution in [1.82, 2.24) is 10.2 Å². The van der Waals surface area contributed by atoms with Crippen molar-refractivity contribution in [3.63, 3.8) is 0 Å². The fraction of sp³-hybridized carbons (Fsp3) is 0.333. The van der Waals surface area contributed by atoms with Crippen molar-refractivity contribution in [3.05, 3.63) is 82.6 Å². The lowest BCUT2D eigenvalue weighted by Gasteiger charge is -2.32. The van der Waals surface area contributed by atoms with Gasteiger partial charge in [-0.3, -0.25) is 13.9 Å². The predicted molar refractivity (Wildman–Crippen MR) is 163 cm³/mol. The topological polar surface area (TPSA) is 105 Å². The summed E-state index contributed by atoms with van der Waals surface area (Å²) in [6.45, 7) is 3.45. The molecule has 12 heteroatoms. The minimum Gasteiger partial charge on any atom is -0.493 e. The molecule has 0 aliphatic carbocycles. The highest BCUT2D eigenvalue weighted by atomic mass is 79.9. The fourth-order valence-electron chi connectivity index (χ4n) is 4.19. The smallest absolute Gasteiger partial charge is 0.264 e. The Morgan fingerprint density at radius 3 is 2.31 bits per heavy atom. The number of anilines is 1. The molecule has 0 saturated heterocycles. The number of methoxy groups -OCH3 is 2. The largest absolute Gasteiger partial charge is 0.493 e. The standard InChI is InChI=1S/C30H35BrFN3O6S/c1-5-6-16-33-30(37)21(2)34(19-22-8-7-9-23(31)17-22)29(36)20-35(25-12-10-24(32)11-13-25)42(38,39)26-14-15-27(40-3)28(18-26)41-4/h7-15,17-18,21H,5-6,16,19-20H2,1-4H3,(H,33,37)/t21-/m0/s1. The van der Waals surface area contributed by atoms with Crippen molar-refractivity contribution in [2.24, 2.45) is 0 Å². The summed E-state index contributed by atoms with van der Waals surface area (Å²) in [5, 5.41) is 2.85. The number of hydrogen-bond donors (Lipinski definition) is 1. The summed E-state index contributed by atoms with van der Waals surface area (Å²) in [6.07, 6.45) is 1.66. The van der Waals surface area contributed by atoms with Gasteiger partial charge in [0.2, 0.25) is 11.8 Å². The lowest BCUT2D eigenvalue weighted by atomic mass is 10.1. The molecule has 0 aliphatic rings. The van der Waals surface area contributed by atoms with Gasteiger partial charge in [0.1, 0.15) is 18.4 Å². The second-order valence-corrected chi connectivity index (χ2v) is 12.3. The van der Waals surface area contributed by atoms with Crippen LogP contribution in [-0.2, 0) is 26.2 Å². The van der Waals surface area contributed by atoms with Crippen LogP contribution in [0.25, 0.3) is 0 Å². The Hall–Kier alpha value is -3.64. The Morgan fingerprint density at radius 1 is 1.00 bits per heavy atom. The van der Waals surface area contributed by atoms with E-state index in [2.05, 4.69) is 21.2 Å². The van der Waals surface area contributed by atoms with Gasteiger partial charge in [0.25, 0.3) is 10.0 Å². The number of nitrogens with zero attached hydrogens (tertiary/aromatic N) is 2. The molecule has 3 aromatic carbocycles. The van der Waals surface area contributed by atoms with Gasteiger partial charge in [0.05, 0.1) is 24.8 Å². The molecule has 0 bridgehead atoms. The molecule has 226 valence electrons. The molecule has 0 radical (unpaired) electrons. The van der Waals surface area contributed by atoms with Gasteiger partial charge in [0, 0.05) is 23.6 Å². The highest BCUT2D eigenvalue weighted by molar-refractivity contribution is 9.10. The molecule has 9 nitrogen and oxygen atoms in total. The zero-order valence-corrected chi connectivity index (χ0v) is 26.4. The molecule has 42 heavy (non-hydrogen) atoms. The average molecular weight is 665 g/mol. The summed E-state index contributed by atoms with van der Waals surface area (Å²) in [7, 11) is -1.57. The number of halogens is 2. The second-order valence-electron chi connectivity index (χ2n) is 9.48. The first-order chi connectivity index (χ1) is 20.0. The highest BCUT2D eigenvalue weighted by Gasteiger charge is 2.33. The first-order valence-electron chi connectivity index (χ1n) is 13.3. The van der Waals surface area contributed by atoms with Crippen molar-refractivity contribution in [2.45, 2.75) is 44.2 Å². The summed E-state index contributed by atoms with van der Waals surface area (Å²) >= 11 is 3.43. The molecule has 0 aromatic heterocycles. The maximum atomic E-state index is 14.0. The van der Waals surface area contributed by atoms with Crippen LogP contribution in [0.15, 0.2) is 76.1 Å². The number of carbonyl (C=O) groups excluding carboxylic acids is 2. The maximum Gasteiger partial charge on any atom is 0.264 e. The molecular formula is C30H35BrFN3O6S. The van der Waals surface area contributed by atoms with Gasteiger partial charge in [-0.25, -0.2) is 12.8 Å². The molecule has 0 saturated carbocycles. The van der Waals surface area contributed by atoms with Crippen LogP contribution in [0.5, 0.6) is 11.5 Å². The van der Waals surface area contributed by atoms with Crippen LogP contribution in [0.3, 0.4) is 0 Å². The molecule has 3 aromatic rings. The van der Waals surface area contributed by atoms with Crippen molar-refractivity contribution in [1.29, 1.82) is 0 Å². The van der Waals surface area contributed by atoms with Crippen LogP contribution in [-0.4, -0.2) is 58.5 Å². The number of nitrogens with one attached hydrogen (secondary N) is 1. The SMILES string of the molecule is CCCCNC(=O)[C@H](C)N(Cc1cccc(Br)c1)C(=O)CN(c1ccc(F)cc1)S(=O)(=O)c1ccc(OC)c(OC)c1. The fourth-order valence-corrected chi connectivity index (χ4v) is 6.07. The predicted octanol–water partition coefficient (Wildman–Crippen LogP) is 5.13. The highest BCUT2D eigenvalue weighted by Crippen LogP contribution is 2.32. The van der Waals surface area contributed by atoms with Crippen LogP contribution < -0.4 is 19.1 Å². The lowest BCUT2D eigenvalue weighted by Crippen LogP contribution is -2.51. The lowest BCUT2D eigenvalue weighted by molar-refractivity contribution is -0.139. The molecule has 2 amide bonds. The Bertz CT molecular complexity index is 1490. The van der Waals surface area contributed by atoms with Crippen molar-refractivity contribution >= 4 is 43.5 Å². The number of ether oxygens (including phenoxy) is 2. The van der Waals surface area contributed by atoms with E-state index in [1.165, 1.54) is 49.5 Å². The number of hydrogen-bond acceptors (Lipinski definition) is 6. The van der Waals surface area contributed by atoms with Gasteiger partial charge in [-0.05, 0) is 67.4 Å². The van der Waals surface area contributed by atoms with Gasteiger partial charge in [-0.2, -0.15) is 0 Å². The molecule has 3 rings (SSSR count). The minimum absolute atomic E-state index is 0.0499. The Morgan fingerprint density at radius 2 is 1.69 bits per heavy atom. The van der Waals surface area contributed by atoms with E-state index < -0.39 is 34.3 Å². The van der Waals surface area contributed by atoms with E-state index in [0.29, 0.717) is 12.3 Å². The van der Waals surface area contributed by atoms with Crippen molar-refractivity contribution in [3.8, 4) is 11.5 Å². The Labute approximate surface area is 254 Å². The van der Waals surface area contributed by atoms with E-state index in [9.17, 15) is 22.4 Å². The molecule has 0 heterocycles. The zero-order valence-electron chi connectivity index (χ0n) is 24.0.